The number of ether oxygens (including phenoxy) is 3. The van der Waals surface area contributed by atoms with Crippen molar-refractivity contribution in [3.05, 3.63) is 12.2 Å². The highest BCUT2D eigenvalue weighted by atomic mass is 79.9. The smallest absolute Gasteiger partial charge is 0.305 e. The highest BCUT2D eigenvalue weighted by Gasteiger charge is 2.15. The predicted octanol–water partition coefficient (Wildman–Crippen LogP) is 13.6. The Morgan fingerprint density at radius 1 is 0.431 bits per heavy atom. The molecule has 0 bridgehead atoms. The topological polar surface area (TPSA) is 78.9 Å². The first-order valence-electron chi connectivity index (χ1n) is 21.6. The molecule has 0 aliphatic heterocycles. The third-order valence-electron chi connectivity index (χ3n) is 9.74. The predicted molar refractivity (Wildman–Crippen MR) is 218 cm³/mol. The summed E-state index contributed by atoms with van der Waals surface area (Å²) in [6.45, 7) is 7.80. The fourth-order valence-electron chi connectivity index (χ4n) is 6.25. The molecule has 0 rings (SSSR count). The number of allylic oxidation sites excluding steroid dienone is 2. The molecule has 6 nitrogen and oxygen atoms in total. The van der Waals surface area contributed by atoms with Crippen LogP contribution in [0.5, 0.6) is 0 Å². The van der Waals surface area contributed by atoms with Crippen molar-refractivity contribution in [3.8, 4) is 0 Å². The van der Waals surface area contributed by atoms with Crippen molar-refractivity contribution in [3.63, 3.8) is 0 Å². The Morgan fingerprint density at radius 3 is 1.12 bits per heavy atom. The van der Waals surface area contributed by atoms with Crippen LogP contribution < -0.4 is 0 Å². The molecule has 1 atom stereocenters. The van der Waals surface area contributed by atoms with E-state index in [9.17, 15) is 14.4 Å². The van der Waals surface area contributed by atoms with Gasteiger partial charge in [0.1, 0.15) is 0 Å². The van der Waals surface area contributed by atoms with Gasteiger partial charge >= 0.3 is 17.9 Å². The molecule has 7 heteroatoms. The summed E-state index contributed by atoms with van der Waals surface area (Å²) in [5.74, 6) is -0.0322. The molecule has 0 aromatic carbocycles. The molecule has 0 saturated carbocycles. The Kier molecular flexibility index (Phi) is 38.8. The minimum Gasteiger partial charge on any atom is -0.465 e. The molecule has 300 valence electrons. The van der Waals surface area contributed by atoms with Crippen LogP contribution in [0.1, 0.15) is 213 Å². The Balaban J connectivity index is 3.83. The second kappa shape index (κ2) is 39.8. The molecule has 0 aromatic heterocycles. The van der Waals surface area contributed by atoms with Crippen LogP contribution in [0.2, 0.25) is 0 Å². The van der Waals surface area contributed by atoms with E-state index in [4.69, 9.17) is 14.2 Å². The number of rotatable bonds is 39. The van der Waals surface area contributed by atoms with E-state index in [2.05, 4.69) is 48.9 Å². The lowest BCUT2D eigenvalue weighted by molar-refractivity contribution is -0.149. The number of halogens is 1. The minimum atomic E-state index is -0.219. The molecule has 1 unspecified atom stereocenters. The molecule has 0 heterocycles. The van der Waals surface area contributed by atoms with E-state index in [1.54, 1.807) is 0 Å². The summed E-state index contributed by atoms with van der Waals surface area (Å²) in [6, 6.07) is 0. The summed E-state index contributed by atoms with van der Waals surface area (Å²) in [6.07, 6.45) is 37.7. The van der Waals surface area contributed by atoms with Crippen molar-refractivity contribution in [1.82, 2.24) is 0 Å². The number of carbonyl (C=O) groups excluding carboxylic acids is 3. The van der Waals surface area contributed by atoms with Crippen molar-refractivity contribution in [2.75, 3.05) is 25.2 Å². The van der Waals surface area contributed by atoms with Crippen LogP contribution in [0.25, 0.3) is 0 Å². The van der Waals surface area contributed by atoms with Crippen LogP contribution >= 0.6 is 15.9 Å². The molecule has 0 radical (unpaired) electrons. The molecular weight excluding hydrogens is 704 g/mol. The van der Waals surface area contributed by atoms with Gasteiger partial charge in [0.15, 0.2) is 0 Å². The van der Waals surface area contributed by atoms with Gasteiger partial charge in [-0.15, -0.1) is 0 Å². The zero-order chi connectivity index (χ0) is 37.5. The van der Waals surface area contributed by atoms with Gasteiger partial charge < -0.3 is 14.2 Å². The summed E-state index contributed by atoms with van der Waals surface area (Å²) in [5, 5.41) is 0.607. The molecule has 0 saturated heterocycles. The summed E-state index contributed by atoms with van der Waals surface area (Å²) in [5.41, 5.74) is 0. The first-order valence-corrected chi connectivity index (χ1v) is 22.8. The molecule has 51 heavy (non-hydrogen) atoms. The van der Waals surface area contributed by atoms with E-state index in [0.29, 0.717) is 37.1 Å². The second-order valence-electron chi connectivity index (χ2n) is 14.9. The van der Waals surface area contributed by atoms with Gasteiger partial charge in [0.2, 0.25) is 0 Å². The number of hydrogen-bond donors (Lipinski definition) is 0. The van der Waals surface area contributed by atoms with E-state index < -0.39 is 0 Å². The van der Waals surface area contributed by atoms with Crippen molar-refractivity contribution >= 4 is 33.8 Å². The average Bonchev–Trinajstić information content (AvgIpc) is 3.13. The molecule has 0 aliphatic rings. The maximum Gasteiger partial charge on any atom is 0.305 e. The third-order valence-corrected chi connectivity index (χ3v) is 10.7. The Bertz CT molecular complexity index is 803. The highest BCUT2D eigenvalue weighted by Crippen LogP contribution is 2.20. The maximum absolute atomic E-state index is 12.3. The Labute approximate surface area is 323 Å². The van der Waals surface area contributed by atoms with Gasteiger partial charge in [-0.05, 0) is 63.7 Å². The molecule has 0 fully saturated rings. The van der Waals surface area contributed by atoms with E-state index in [1.807, 2.05) is 0 Å². The number of carbonyl (C=O) groups is 3. The quantitative estimate of drug-likeness (QED) is 0.0203. The molecule has 0 aliphatic carbocycles. The molecule has 0 N–H and O–H groups in total. The first kappa shape index (κ1) is 49.6. The standard InChI is InChI=1S/C44H81BrO6/c1-4-7-10-13-14-15-16-17-18-19-20-21-22-23-28-33-43(47)50-38-41(36-45)39-51-44(48)35-30-25-24-29-34-42(46)49-37-40(31-26-11-8-5-2)32-27-12-9-6-3/h17-18,40-41H,4-16,19-39H2,1-3H3/b18-17-. The maximum atomic E-state index is 12.3. The average molecular weight is 786 g/mol. The molecular formula is C44H81BrO6. The van der Waals surface area contributed by atoms with Gasteiger partial charge in [0.05, 0.1) is 19.8 Å². The third kappa shape index (κ3) is 36.8. The summed E-state index contributed by atoms with van der Waals surface area (Å²) < 4.78 is 16.6. The second-order valence-corrected chi connectivity index (χ2v) is 15.5. The lowest BCUT2D eigenvalue weighted by atomic mass is 9.95. The largest absolute Gasteiger partial charge is 0.465 e. The lowest BCUT2D eigenvalue weighted by Gasteiger charge is -2.17. The highest BCUT2D eigenvalue weighted by molar-refractivity contribution is 9.09. The number of alkyl halides is 1. The van der Waals surface area contributed by atoms with Crippen molar-refractivity contribution in [2.24, 2.45) is 11.8 Å². The van der Waals surface area contributed by atoms with Crippen LogP contribution in [-0.4, -0.2) is 43.1 Å². The van der Waals surface area contributed by atoms with Crippen molar-refractivity contribution in [1.29, 1.82) is 0 Å². The van der Waals surface area contributed by atoms with Gasteiger partial charge in [-0.25, -0.2) is 0 Å². The first-order chi connectivity index (χ1) is 25.0. The molecule has 0 aromatic rings. The fraction of sp³-hybridized carbons (Fsp3) is 0.886. The van der Waals surface area contributed by atoms with E-state index in [1.165, 1.54) is 109 Å². The molecule has 0 amide bonds. The van der Waals surface area contributed by atoms with Gasteiger partial charge in [0, 0.05) is 30.5 Å². The minimum absolute atomic E-state index is 0.0506. The van der Waals surface area contributed by atoms with Gasteiger partial charge in [-0.2, -0.15) is 0 Å². The SMILES string of the molecule is CCCCCCCC/C=C\CCCCCCCC(=O)OCC(CBr)COC(=O)CCCCCCC(=O)OCC(CCCCCC)CCCCCC. The van der Waals surface area contributed by atoms with Gasteiger partial charge in [0.25, 0.3) is 0 Å². The fourth-order valence-corrected chi connectivity index (χ4v) is 6.62. The number of hydrogen-bond acceptors (Lipinski definition) is 6. The zero-order valence-electron chi connectivity index (χ0n) is 33.7. The van der Waals surface area contributed by atoms with Crippen LogP contribution in [-0.2, 0) is 28.6 Å². The van der Waals surface area contributed by atoms with Crippen molar-refractivity contribution in [2.45, 2.75) is 213 Å². The van der Waals surface area contributed by atoms with Crippen LogP contribution in [0, 0.1) is 11.8 Å². The van der Waals surface area contributed by atoms with Crippen LogP contribution in [0.3, 0.4) is 0 Å². The molecule has 0 spiro atoms. The van der Waals surface area contributed by atoms with Crippen LogP contribution in [0.15, 0.2) is 12.2 Å². The Hall–Kier alpha value is -1.37. The normalized spacial score (nSPS) is 12.1. The zero-order valence-corrected chi connectivity index (χ0v) is 35.3. The van der Waals surface area contributed by atoms with E-state index >= 15 is 0 Å². The van der Waals surface area contributed by atoms with E-state index in [-0.39, 0.29) is 37.0 Å². The Morgan fingerprint density at radius 2 is 0.745 bits per heavy atom. The summed E-state index contributed by atoms with van der Waals surface area (Å²) >= 11 is 3.46. The summed E-state index contributed by atoms with van der Waals surface area (Å²) in [7, 11) is 0. The monoisotopic (exact) mass is 785 g/mol. The lowest BCUT2D eigenvalue weighted by Crippen LogP contribution is -2.22. The van der Waals surface area contributed by atoms with Gasteiger partial charge in [-0.1, -0.05) is 164 Å². The summed E-state index contributed by atoms with van der Waals surface area (Å²) in [4.78, 5) is 36.8. The van der Waals surface area contributed by atoms with Crippen molar-refractivity contribution < 1.29 is 28.6 Å². The number of esters is 3. The van der Waals surface area contributed by atoms with Gasteiger partial charge in [-0.3, -0.25) is 14.4 Å². The number of unbranched alkanes of at least 4 members (excludes halogenated alkanes) is 20. The van der Waals surface area contributed by atoms with E-state index in [0.717, 1.165) is 64.2 Å². The van der Waals surface area contributed by atoms with Crippen LogP contribution in [0.4, 0.5) is 0 Å².